The molecule has 0 aliphatic carbocycles. The van der Waals surface area contributed by atoms with Crippen LogP contribution in [0.25, 0.3) is 11.1 Å². The molecule has 2 N–H and O–H groups in total. The predicted octanol–water partition coefficient (Wildman–Crippen LogP) is 3.46. The maximum atomic E-state index is 13.0. The van der Waals surface area contributed by atoms with Crippen molar-refractivity contribution in [2.24, 2.45) is 7.05 Å². The molecular formula is C20H19F3N6O. The van der Waals surface area contributed by atoms with Crippen molar-refractivity contribution in [2.45, 2.75) is 25.1 Å². The van der Waals surface area contributed by atoms with Crippen molar-refractivity contribution in [2.75, 3.05) is 12.3 Å². The number of nitrogen functional groups attached to an aromatic ring is 1. The number of hydrogen-bond acceptors (Lipinski definition) is 5. The van der Waals surface area contributed by atoms with E-state index in [0.717, 1.165) is 18.6 Å². The number of benzene rings is 1. The standard InChI is InChI=1S/C20H19F3N6O/c1-28-10-8-25-17(28)18(30)29-9-2-3-15(29)16-14(11-26-19(24)27-16)12-4-6-13(7-5-12)20(21,22)23/h4-8,10-11,15H,2-3,9H2,1H3,(H2,24,26,27). The van der Waals surface area contributed by atoms with E-state index in [2.05, 4.69) is 15.0 Å². The average Bonchev–Trinajstić information content (AvgIpc) is 3.36. The first-order chi connectivity index (χ1) is 14.3. The summed E-state index contributed by atoms with van der Waals surface area (Å²) in [6, 6.07) is 4.40. The minimum absolute atomic E-state index is 0.0388. The molecular weight excluding hydrogens is 397 g/mol. The first-order valence-corrected chi connectivity index (χ1v) is 9.34. The molecule has 156 valence electrons. The largest absolute Gasteiger partial charge is 0.416 e. The van der Waals surface area contributed by atoms with Crippen LogP contribution in [-0.4, -0.2) is 36.9 Å². The molecule has 3 heterocycles. The molecule has 1 aliphatic heterocycles. The Morgan fingerprint density at radius 3 is 2.57 bits per heavy atom. The van der Waals surface area contributed by atoms with E-state index >= 15 is 0 Å². The Bertz CT molecular complexity index is 1080. The number of imidazole rings is 1. The van der Waals surface area contributed by atoms with E-state index in [-0.39, 0.29) is 17.9 Å². The molecule has 3 aromatic rings. The summed E-state index contributed by atoms with van der Waals surface area (Å²) in [5, 5.41) is 0. The van der Waals surface area contributed by atoms with Gasteiger partial charge in [-0.2, -0.15) is 13.2 Å². The van der Waals surface area contributed by atoms with Crippen molar-refractivity contribution in [3.63, 3.8) is 0 Å². The monoisotopic (exact) mass is 416 g/mol. The van der Waals surface area contributed by atoms with Crippen LogP contribution in [0.15, 0.2) is 42.9 Å². The number of aromatic nitrogens is 4. The molecule has 1 aromatic carbocycles. The second-order valence-electron chi connectivity index (χ2n) is 7.12. The lowest BCUT2D eigenvalue weighted by Crippen LogP contribution is -2.33. The minimum atomic E-state index is -4.42. The van der Waals surface area contributed by atoms with Crippen LogP contribution >= 0.6 is 0 Å². The van der Waals surface area contributed by atoms with Crippen LogP contribution in [0.1, 0.15) is 40.8 Å². The van der Waals surface area contributed by atoms with Gasteiger partial charge in [0.2, 0.25) is 5.95 Å². The van der Waals surface area contributed by atoms with Gasteiger partial charge in [-0.05, 0) is 30.5 Å². The second-order valence-corrected chi connectivity index (χ2v) is 7.12. The number of anilines is 1. The second kappa shape index (κ2) is 7.43. The topological polar surface area (TPSA) is 89.9 Å². The predicted molar refractivity (Wildman–Crippen MR) is 103 cm³/mol. The van der Waals surface area contributed by atoms with E-state index in [4.69, 9.17) is 5.73 Å². The van der Waals surface area contributed by atoms with Crippen molar-refractivity contribution in [1.29, 1.82) is 0 Å². The van der Waals surface area contributed by atoms with Gasteiger partial charge in [-0.3, -0.25) is 4.79 Å². The lowest BCUT2D eigenvalue weighted by atomic mass is 9.98. The average molecular weight is 416 g/mol. The zero-order valence-electron chi connectivity index (χ0n) is 16.1. The molecule has 1 unspecified atom stereocenters. The molecule has 0 saturated carbocycles. The Hall–Kier alpha value is -3.43. The molecule has 1 amide bonds. The molecule has 10 heteroatoms. The van der Waals surface area contributed by atoms with Crippen LogP contribution in [0.5, 0.6) is 0 Å². The fourth-order valence-corrected chi connectivity index (χ4v) is 3.72. The third kappa shape index (κ3) is 3.60. The molecule has 0 spiro atoms. The maximum Gasteiger partial charge on any atom is 0.416 e. The fraction of sp³-hybridized carbons (Fsp3) is 0.300. The normalized spacial score (nSPS) is 16.8. The minimum Gasteiger partial charge on any atom is -0.368 e. The summed E-state index contributed by atoms with van der Waals surface area (Å²) in [6.07, 6.45) is 1.72. The van der Waals surface area contributed by atoms with Crippen molar-refractivity contribution < 1.29 is 18.0 Å². The SMILES string of the molecule is Cn1ccnc1C(=O)N1CCCC1c1nc(N)ncc1-c1ccc(C(F)(F)F)cc1. The highest BCUT2D eigenvalue weighted by atomic mass is 19.4. The summed E-state index contributed by atoms with van der Waals surface area (Å²) in [7, 11) is 1.74. The number of nitrogens with zero attached hydrogens (tertiary/aromatic N) is 5. The van der Waals surface area contributed by atoms with Crippen molar-refractivity contribution >= 4 is 11.9 Å². The number of likely N-dealkylation sites (tertiary alicyclic amines) is 1. The van der Waals surface area contributed by atoms with E-state index in [1.165, 1.54) is 18.3 Å². The molecule has 4 rings (SSSR count). The molecule has 1 fully saturated rings. The highest BCUT2D eigenvalue weighted by Gasteiger charge is 2.35. The summed E-state index contributed by atoms with van der Waals surface area (Å²) in [4.78, 5) is 27.2. The number of hydrogen-bond donors (Lipinski definition) is 1. The number of halogens is 3. The Morgan fingerprint density at radius 1 is 1.20 bits per heavy atom. The molecule has 1 saturated heterocycles. The zero-order chi connectivity index (χ0) is 21.5. The van der Waals surface area contributed by atoms with Gasteiger partial charge in [0, 0.05) is 37.7 Å². The lowest BCUT2D eigenvalue weighted by molar-refractivity contribution is -0.137. The van der Waals surface area contributed by atoms with Crippen LogP contribution in [-0.2, 0) is 13.2 Å². The number of carbonyl (C=O) groups is 1. The van der Waals surface area contributed by atoms with Crippen LogP contribution in [0, 0.1) is 0 Å². The molecule has 2 aromatic heterocycles. The van der Waals surface area contributed by atoms with Gasteiger partial charge in [-0.15, -0.1) is 0 Å². The maximum absolute atomic E-state index is 13.0. The summed E-state index contributed by atoms with van der Waals surface area (Å²) < 4.78 is 40.4. The quantitative estimate of drug-likeness (QED) is 0.706. The Labute approximate surface area is 170 Å². The van der Waals surface area contributed by atoms with E-state index in [0.29, 0.717) is 35.6 Å². The van der Waals surface area contributed by atoms with Crippen molar-refractivity contribution in [1.82, 2.24) is 24.4 Å². The number of rotatable bonds is 3. The molecule has 1 aliphatic rings. The summed E-state index contributed by atoms with van der Waals surface area (Å²) in [5.41, 5.74) is 6.65. The summed E-state index contributed by atoms with van der Waals surface area (Å²) in [6.45, 7) is 0.521. The van der Waals surface area contributed by atoms with E-state index < -0.39 is 11.7 Å². The highest BCUT2D eigenvalue weighted by molar-refractivity contribution is 5.91. The third-order valence-electron chi connectivity index (χ3n) is 5.20. The third-order valence-corrected chi connectivity index (χ3v) is 5.20. The van der Waals surface area contributed by atoms with E-state index in [1.54, 1.807) is 28.9 Å². The number of amides is 1. The van der Waals surface area contributed by atoms with Crippen LogP contribution in [0.3, 0.4) is 0 Å². The van der Waals surface area contributed by atoms with Gasteiger partial charge in [0.25, 0.3) is 5.91 Å². The van der Waals surface area contributed by atoms with Crippen molar-refractivity contribution in [3.05, 3.63) is 59.9 Å². The number of aryl methyl sites for hydroxylation is 1. The van der Waals surface area contributed by atoms with Crippen molar-refractivity contribution in [3.8, 4) is 11.1 Å². The first kappa shape index (κ1) is 19.9. The van der Waals surface area contributed by atoms with Gasteiger partial charge in [0.15, 0.2) is 5.82 Å². The van der Waals surface area contributed by atoms with Gasteiger partial charge >= 0.3 is 6.18 Å². The summed E-state index contributed by atoms with van der Waals surface area (Å²) in [5.74, 6) is 0.109. The van der Waals surface area contributed by atoms with Crippen LogP contribution in [0.4, 0.5) is 19.1 Å². The van der Waals surface area contributed by atoms with Crippen LogP contribution < -0.4 is 5.73 Å². The van der Waals surface area contributed by atoms with E-state index in [1.807, 2.05) is 0 Å². The van der Waals surface area contributed by atoms with Gasteiger partial charge in [0.1, 0.15) is 0 Å². The Balaban J connectivity index is 1.73. The van der Waals surface area contributed by atoms with Gasteiger partial charge in [0.05, 0.1) is 17.3 Å². The molecule has 30 heavy (non-hydrogen) atoms. The number of nitrogens with two attached hydrogens (primary N) is 1. The molecule has 1 atom stereocenters. The molecule has 0 bridgehead atoms. The Kier molecular flexibility index (Phi) is 4.92. The van der Waals surface area contributed by atoms with Gasteiger partial charge in [-0.25, -0.2) is 15.0 Å². The first-order valence-electron chi connectivity index (χ1n) is 9.34. The van der Waals surface area contributed by atoms with Crippen LogP contribution in [0.2, 0.25) is 0 Å². The van der Waals surface area contributed by atoms with E-state index in [9.17, 15) is 18.0 Å². The highest BCUT2D eigenvalue weighted by Crippen LogP contribution is 2.38. The number of alkyl halides is 3. The van der Waals surface area contributed by atoms with Gasteiger partial charge < -0.3 is 15.2 Å². The molecule has 7 nitrogen and oxygen atoms in total. The Morgan fingerprint density at radius 2 is 1.93 bits per heavy atom. The smallest absolute Gasteiger partial charge is 0.368 e. The fourth-order valence-electron chi connectivity index (χ4n) is 3.72. The van der Waals surface area contributed by atoms with Gasteiger partial charge in [-0.1, -0.05) is 12.1 Å². The molecule has 0 radical (unpaired) electrons. The number of carbonyl (C=O) groups excluding carboxylic acids is 1. The zero-order valence-corrected chi connectivity index (χ0v) is 16.1. The summed E-state index contributed by atoms with van der Waals surface area (Å²) >= 11 is 0. The lowest BCUT2D eigenvalue weighted by Gasteiger charge is -2.25.